The minimum atomic E-state index is -0.813. The van der Waals surface area contributed by atoms with Crippen LogP contribution in [0.4, 0.5) is 5.13 Å². The van der Waals surface area contributed by atoms with Gasteiger partial charge in [-0.3, -0.25) is 14.5 Å². The number of halogens is 1. The zero-order valence-electron chi connectivity index (χ0n) is 16.4. The molecule has 31 heavy (non-hydrogen) atoms. The summed E-state index contributed by atoms with van der Waals surface area (Å²) < 4.78 is 5.73. The molecular weight excluding hydrogens is 436 g/mol. The number of aliphatic hydroxyl groups excluding tert-OH is 1. The number of benzene rings is 2. The molecule has 2 aromatic carbocycles. The van der Waals surface area contributed by atoms with Crippen LogP contribution in [0.1, 0.15) is 29.7 Å². The number of anilines is 1. The van der Waals surface area contributed by atoms with E-state index in [1.165, 1.54) is 16.2 Å². The molecule has 1 fully saturated rings. The Morgan fingerprint density at radius 1 is 1.23 bits per heavy atom. The molecule has 1 amide bonds. The van der Waals surface area contributed by atoms with Crippen molar-refractivity contribution in [3.05, 3.63) is 81.3 Å². The Hall–Kier alpha value is -3.16. The summed E-state index contributed by atoms with van der Waals surface area (Å²) in [5.74, 6) is -0.937. The molecule has 3 heterocycles. The van der Waals surface area contributed by atoms with Crippen molar-refractivity contribution in [1.29, 1.82) is 0 Å². The molecule has 0 bridgehead atoms. The number of thiazole rings is 1. The van der Waals surface area contributed by atoms with E-state index in [-0.39, 0.29) is 17.4 Å². The normalized spacial score (nSPS) is 21.9. The average Bonchev–Trinajstić information content (AvgIpc) is 3.46. The molecule has 1 N–H and O–H groups in total. The zero-order valence-corrected chi connectivity index (χ0v) is 18.0. The fourth-order valence-electron chi connectivity index (χ4n) is 4.05. The number of hydrogen-bond donors (Lipinski definition) is 1. The number of hydrogen-bond acceptors (Lipinski definition) is 6. The van der Waals surface area contributed by atoms with Crippen LogP contribution in [0.25, 0.3) is 5.76 Å². The van der Waals surface area contributed by atoms with Crippen LogP contribution in [0, 0.1) is 0 Å². The molecular formula is C23H17ClN2O4S. The fourth-order valence-corrected chi connectivity index (χ4v) is 4.84. The van der Waals surface area contributed by atoms with Crippen molar-refractivity contribution in [1.82, 2.24) is 4.98 Å². The minimum Gasteiger partial charge on any atom is -0.507 e. The van der Waals surface area contributed by atoms with Gasteiger partial charge in [-0.2, -0.15) is 0 Å². The third kappa shape index (κ3) is 3.30. The van der Waals surface area contributed by atoms with Crippen molar-refractivity contribution in [2.75, 3.05) is 4.90 Å². The van der Waals surface area contributed by atoms with Crippen molar-refractivity contribution in [2.24, 2.45) is 0 Å². The molecule has 3 aromatic rings. The summed E-state index contributed by atoms with van der Waals surface area (Å²) in [7, 11) is 0. The highest BCUT2D eigenvalue weighted by atomic mass is 35.5. The maximum absolute atomic E-state index is 13.1. The average molecular weight is 453 g/mol. The highest BCUT2D eigenvalue weighted by Gasteiger charge is 2.48. The molecule has 0 radical (unpaired) electrons. The Bertz CT molecular complexity index is 1220. The van der Waals surface area contributed by atoms with Gasteiger partial charge in [-0.1, -0.05) is 23.7 Å². The Morgan fingerprint density at radius 3 is 2.71 bits per heavy atom. The summed E-state index contributed by atoms with van der Waals surface area (Å²) in [6, 6.07) is 11.3. The van der Waals surface area contributed by atoms with Crippen molar-refractivity contribution in [2.45, 2.75) is 25.5 Å². The molecule has 8 heteroatoms. The molecule has 2 aliphatic rings. The first kappa shape index (κ1) is 19.8. The van der Waals surface area contributed by atoms with E-state index in [0.29, 0.717) is 27.7 Å². The number of amides is 1. The monoisotopic (exact) mass is 452 g/mol. The fraction of sp³-hybridized carbons (Fsp3) is 0.174. The van der Waals surface area contributed by atoms with Crippen LogP contribution in [-0.4, -0.2) is 27.9 Å². The molecule has 156 valence electrons. The maximum Gasteiger partial charge on any atom is 0.301 e. The number of Topliss-reactive ketones (excluding diaryl/α,β-unsaturated/α-hetero) is 1. The zero-order chi connectivity index (χ0) is 21.7. The highest BCUT2D eigenvalue weighted by molar-refractivity contribution is 7.14. The van der Waals surface area contributed by atoms with Gasteiger partial charge in [0.2, 0.25) is 0 Å². The van der Waals surface area contributed by atoms with Gasteiger partial charge < -0.3 is 9.84 Å². The molecule has 1 saturated heterocycles. The molecule has 0 unspecified atom stereocenters. The number of nitrogens with zero attached hydrogens (tertiary/aromatic N) is 2. The Kier molecular flexibility index (Phi) is 4.79. The molecule has 0 aliphatic carbocycles. The number of fused-ring (bicyclic) bond motifs is 1. The number of carbonyl (C=O) groups excluding carboxylic acids is 2. The summed E-state index contributed by atoms with van der Waals surface area (Å²) in [4.78, 5) is 31.6. The molecule has 0 saturated carbocycles. The first-order valence-electron chi connectivity index (χ1n) is 9.70. The molecule has 5 rings (SSSR count). The number of aromatic nitrogens is 1. The lowest BCUT2D eigenvalue weighted by Crippen LogP contribution is -2.29. The SMILES string of the molecule is C[C@@H]1Cc2cc(/C(O)=C3\C(=O)C(=O)N(c4nccs4)[C@H]3c3ccc(Cl)cc3)ccc2O1. The van der Waals surface area contributed by atoms with Crippen molar-refractivity contribution in [3.63, 3.8) is 0 Å². The van der Waals surface area contributed by atoms with E-state index in [2.05, 4.69) is 4.98 Å². The molecule has 2 atom stereocenters. The van der Waals surface area contributed by atoms with Crippen LogP contribution >= 0.6 is 22.9 Å². The maximum atomic E-state index is 13.1. The summed E-state index contributed by atoms with van der Waals surface area (Å²) in [6.07, 6.45) is 2.33. The van der Waals surface area contributed by atoms with Crippen LogP contribution in [0.5, 0.6) is 5.75 Å². The second-order valence-electron chi connectivity index (χ2n) is 7.49. The predicted octanol–water partition coefficient (Wildman–Crippen LogP) is 4.75. The number of ketones is 1. The Morgan fingerprint density at radius 2 is 2.00 bits per heavy atom. The lowest BCUT2D eigenvalue weighted by Gasteiger charge is -2.23. The van der Waals surface area contributed by atoms with E-state index in [1.807, 2.05) is 13.0 Å². The van der Waals surface area contributed by atoms with Crippen LogP contribution in [0.2, 0.25) is 5.02 Å². The largest absolute Gasteiger partial charge is 0.507 e. The number of carbonyl (C=O) groups is 2. The number of ether oxygens (including phenoxy) is 1. The number of aliphatic hydroxyl groups is 1. The Balaban J connectivity index is 1.68. The standard InChI is InChI=1S/C23H17ClN2O4S/c1-12-10-15-11-14(4-7-17(15)30-12)20(27)18-19(13-2-5-16(24)6-3-13)26(22(29)21(18)28)23-25-8-9-31-23/h2-9,11-12,19,27H,10H2,1H3/b20-18+/t12-,19+/m1/s1. The van der Waals surface area contributed by atoms with E-state index in [1.54, 1.807) is 48.0 Å². The van der Waals surface area contributed by atoms with Crippen LogP contribution in [-0.2, 0) is 16.0 Å². The summed E-state index contributed by atoms with van der Waals surface area (Å²) in [5.41, 5.74) is 2.09. The van der Waals surface area contributed by atoms with Gasteiger partial charge in [-0.05, 0) is 48.4 Å². The highest BCUT2D eigenvalue weighted by Crippen LogP contribution is 2.43. The van der Waals surface area contributed by atoms with Gasteiger partial charge in [0.25, 0.3) is 5.78 Å². The second kappa shape index (κ2) is 7.51. The van der Waals surface area contributed by atoms with Gasteiger partial charge in [-0.25, -0.2) is 4.98 Å². The van der Waals surface area contributed by atoms with E-state index >= 15 is 0 Å². The quantitative estimate of drug-likeness (QED) is 0.352. The van der Waals surface area contributed by atoms with Crippen LogP contribution in [0.3, 0.4) is 0 Å². The van der Waals surface area contributed by atoms with Crippen LogP contribution < -0.4 is 9.64 Å². The van der Waals surface area contributed by atoms with Gasteiger partial charge in [0.1, 0.15) is 17.6 Å². The summed E-state index contributed by atoms with van der Waals surface area (Å²) >= 11 is 7.29. The summed E-state index contributed by atoms with van der Waals surface area (Å²) in [5, 5.41) is 13.9. The van der Waals surface area contributed by atoms with E-state index in [9.17, 15) is 14.7 Å². The van der Waals surface area contributed by atoms with Crippen molar-refractivity contribution >= 4 is 45.5 Å². The molecule has 0 spiro atoms. The second-order valence-corrected chi connectivity index (χ2v) is 8.80. The van der Waals surface area contributed by atoms with Crippen molar-refractivity contribution in [3.8, 4) is 5.75 Å². The lowest BCUT2D eigenvalue weighted by atomic mass is 9.94. The van der Waals surface area contributed by atoms with E-state index in [0.717, 1.165) is 11.3 Å². The molecule has 2 aliphatic heterocycles. The van der Waals surface area contributed by atoms with Gasteiger partial charge in [0.15, 0.2) is 5.13 Å². The topological polar surface area (TPSA) is 79.7 Å². The predicted molar refractivity (Wildman–Crippen MR) is 119 cm³/mol. The smallest absolute Gasteiger partial charge is 0.301 e. The number of rotatable bonds is 3. The van der Waals surface area contributed by atoms with Gasteiger partial charge >= 0.3 is 5.91 Å². The Labute approximate surface area is 187 Å². The van der Waals surface area contributed by atoms with Crippen LogP contribution in [0.15, 0.2) is 59.6 Å². The third-order valence-electron chi connectivity index (χ3n) is 5.42. The molecule has 1 aromatic heterocycles. The van der Waals surface area contributed by atoms with Crippen molar-refractivity contribution < 1.29 is 19.4 Å². The van der Waals surface area contributed by atoms with E-state index in [4.69, 9.17) is 16.3 Å². The molecule has 6 nitrogen and oxygen atoms in total. The van der Waals surface area contributed by atoms with Gasteiger partial charge in [-0.15, -0.1) is 11.3 Å². The first-order chi connectivity index (χ1) is 14.9. The third-order valence-corrected chi connectivity index (χ3v) is 6.45. The lowest BCUT2D eigenvalue weighted by molar-refractivity contribution is -0.132. The summed E-state index contributed by atoms with van der Waals surface area (Å²) in [6.45, 7) is 1.97. The van der Waals surface area contributed by atoms with E-state index < -0.39 is 17.7 Å². The minimum absolute atomic E-state index is 0.0226. The van der Waals surface area contributed by atoms with Gasteiger partial charge in [0, 0.05) is 28.6 Å². The van der Waals surface area contributed by atoms with Gasteiger partial charge in [0.05, 0.1) is 11.6 Å². The first-order valence-corrected chi connectivity index (χ1v) is 11.0.